The molecule has 1 saturated heterocycles. The molecule has 4 rings (SSSR count). The van der Waals surface area contributed by atoms with Crippen LogP contribution in [0.5, 0.6) is 0 Å². The summed E-state index contributed by atoms with van der Waals surface area (Å²) in [5.74, 6) is 1.17. The van der Waals surface area contributed by atoms with Crippen LogP contribution in [-0.4, -0.2) is 47.8 Å². The predicted molar refractivity (Wildman–Crippen MR) is 101 cm³/mol. The number of para-hydroxylation sites is 2. The van der Waals surface area contributed by atoms with Crippen LogP contribution in [0.3, 0.4) is 0 Å². The summed E-state index contributed by atoms with van der Waals surface area (Å²) in [6.07, 6.45) is 3.38. The monoisotopic (exact) mass is 368 g/mol. The number of hydrogen-bond acceptors (Lipinski definition) is 4. The summed E-state index contributed by atoms with van der Waals surface area (Å²) in [6, 6.07) is 7.82. The molecule has 0 unspecified atom stereocenters. The SMILES string of the molecule is CCn1c(C2CCN(C(=O)Cn3cnc4ccccc43)CC2)nn(C)c1=O. The largest absolute Gasteiger partial charge is 0.345 e. The van der Waals surface area contributed by atoms with E-state index in [1.54, 1.807) is 17.9 Å². The van der Waals surface area contributed by atoms with Crippen LogP contribution >= 0.6 is 0 Å². The van der Waals surface area contributed by atoms with Gasteiger partial charge < -0.3 is 9.47 Å². The van der Waals surface area contributed by atoms with E-state index < -0.39 is 0 Å². The Balaban J connectivity index is 1.42. The molecule has 0 atom stereocenters. The van der Waals surface area contributed by atoms with Crippen molar-refractivity contribution in [3.8, 4) is 0 Å². The minimum Gasteiger partial charge on any atom is -0.341 e. The Morgan fingerprint density at radius 3 is 2.70 bits per heavy atom. The van der Waals surface area contributed by atoms with Gasteiger partial charge in [0.25, 0.3) is 0 Å². The maximum atomic E-state index is 12.7. The molecule has 0 bridgehead atoms. The Kier molecular flexibility index (Phi) is 4.55. The predicted octanol–water partition coefficient (Wildman–Crippen LogP) is 1.36. The highest BCUT2D eigenvalue weighted by atomic mass is 16.2. The molecule has 8 nitrogen and oxygen atoms in total. The van der Waals surface area contributed by atoms with Crippen molar-refractivity contribution >= 4 is 16.9 Å². The Morgan fingerprint density at radius 1 is 1.22 bits per heavy atom. The smallest absolute Gasteiger partial charge is 0.341 e. The number of carbonyl (C=O) groups excluding carboxylic acids is 1. The zero-order chi connectivity index (χ0) is 19.0. The summed E-state index contributed by atoms with van der Waals surface area (Å²) in [5, 5.41) is 4.42. The standard InChI is InChI=1S/C19H24N6O2/c1-3-25-18(21-22(2)19(25)27)14-8-10-23(11-9-14)17(26)12-24-13-20-15-6-4-5-7-16(15)24/h4-7,13-14H,3,8-12H2,1-2H3. The lowest BCUT2D eigenvalue weighted by atomic mass is 9.96. The number of hydrogen-bond donors (Lipinski definition) is 0. The number of likely N-dealkylation sites (tertiary alicyclic amines) is 1. The Labute approximate surface area is 157 Å². The van der Waals surface area contributed by atoms with Gasteiger partial charge in [-0.15, -0.1) is 0 Å². The van der Waals surface area contributed by atoms with Crippen molar-refractivity contribution in [1.82, 2.24) is 28.8 Å². The second kappa shape index (κ2) is 7.02. The highest BCUT2D eigenvalue weighted by molar-refractivity contribution is 5.80. The molecule has 1 fully saturated rings. The number of imidazole rings is 1. The zero-order valence-corrected chi connectivity index (χ0v) is 15.7. The summed E-state index contributed by atoms with van der Waals surface area (Å²) in [6.45, 7) is 4.25. The van der Waals surface area contributed by atoms with E-state index in [0.717, 1.165) is 29.7 Å². The molecule has 3 heterocycles. The van der Waals surface area contributed by atoms with E-state index in [-0.39, 0.29) is 17.5 Å². The van der Waals surface area contributed by atoms with Crippen molar-refractivity contribution in [1.29, 1.82) is 0 Å². The van der Waals surface area contributed by atoms with Gasteiger partial charge in [0.15, 0.2) is 0 Å². The molecule has 1 aliphatic heterocycles. The number of aryl methyl sites for hydroxylation is 1. The molecule has 142 valence electrons. The van der Waals surface area contributed by atoms with Gasteiger partial charge in [-0.3, -0.25) is 9.36 Å². The van der Waals surface area contributed by atoms with Gasteiger partial charge in [-0.2, -0.15) is 5.10 Å². The Hall–Kier alpha value is -2.90. The number of aromatic nitrogens is 5. The number of nitrogens with zero attached hydrogens (tertiary/aromatic N) is 6. The van der Waals surface area contributed by atoms with Crippen LogP contribution in [-0.2, 0) is 24.9 Å². The van der Waals surface area contributed by atoms with E-state index >= 15 is 0 Å². The Morgan fingerprint density at radius 2 is 1.96 bits per heavy atom. The lowest BCUT2D eigenvalue weighted by Crippen LogP contribution is -2.40. The average molecular weight is 368 g/mol. The number of amides is 1. The molecule has 1 amide bonds. The second-order valence-corrected chi connectivity index (χ2v) is 7.02. The number of fused-ring (bicyclic) bond motifs is 1. The molecule has 0 N–H and O–H groups in total. The molecule has 0 aliphatic carbocycles. The molecular formula is C19H24N6O2. The van der Waals surface area contributed by atoms with Crippen LogP contribution in [0.4, 0.5) is 0 Å². The summed E-state index contributed by atoms with van der Waals surface area (Å²) in [4.78, 5) is 31.1. The number of piperidine rings is 1. The van der Waals surface area contributed by atoms with Crippen LogP contribution in [0.25, 0.3) is 11.0 Å². The van der Waals surface area contributed by atoms with Crippen LogP contribution < -0.4 is 5.69 Å². The van der Waals surface area contributed by atoms with Crippen LogP contribution in [0, 0.1) is 0 Å². The first-order valence-corrected chi connectivity index (χ1v) is 9.40. The van der Waals surface area contributed by atoms with Crippen molar-refractivity contribution in [2.24, 2.45) is 7.05 Å². The van der Waals surface area contributed by atoms with Gasteiger partial charge >= 0.3 is 5.69 Å². The average Bonchev–Trinajstić information content (AvgIpc) is 3.23. The summed E-state index contributed by atoms with van der Waals surface area (Å²) in [7, 11) is 1.69. The molecule has 0 spiro atoms. The molecule has 8 heteroatoms. The maximum Gasteiger partial charge on any atom is 0.345 e. The van der Waals surface area contributed by atoms with E-state index in [0.29, 0.717) is 26.2 Å². The molecule has 0 saturated carbocycles. The molecule has 27 heavy (non-hydrogen) atoms. The van der Waals surface area contributed by atoms with Crippen LogP contribution in [0.2, 0.25) is 0 Å². The first-order chi connectivity index (χ1) is 13.1. The molecular weight excluding hydrogens is 344 g/mol. The van der Waals surface area contributed by atoms with Gasteiger partial charge in [-0.05, 0) is 31.9 Å². The van der Waals surface area contributed by atoms with E-state index in [9.17, 15) is 9.59 Å². The maximum absolute atomic E-state index is 12.7. The van der Waals surface area contributed by atoms with E-state index in [2.05, 4.69) is 10.1 Å². The van der Waals surface area contributed by atoms with Gasteiger partial charge in [0.05, 0.1) is 17.4 Å². The molecule has 2 aromatic heterocycles. The van der Waals surface area contributed by atoms with Gasteiger partial charge in [-0.25, -0.2) is 14.5 Å². The first-order valence-electron chi connectivity index (χ1n) is 9.40. The van der Waals surface area contributed by atoms with Crippen LogP contribution in [0.1, 0.15) is 31.5 Å². The summed E-state index contributed by atoms with van der Waals surface area (Å²) >= 11 is 0. The quantitative estimate of drug-likeness (QED) is 0.697. The Bertz CT molecular complexity index is 1020. The molecule has 1 aliphatic rings. The summed E-state index contributed by atoms with van der Waals surface area (Å²) < 4.78 is 5.04. The lowest BCUT2D eigenvalue weighted by molar-refractivity contribution is -0.132. The van der Waals surface area contributed by atoms with Crippen LogP contribution in [0.15, 0.2) is 35.4 Å². The van der Waals surface area contributed by atoms with E-state index in [1.165, 1.54) is 4.68 Å². The number of rotatable bonds is 4. The lowest BCUT2D eigenvalue weighted by Gasteiger charge is -2.31. The van der Waals surface area contributed by atoms with Gasteiger partial charge in [0.1, 0.15) is 12.4 Å². The third-order valence-electron chi connectivity index (χ3n) is 5.40. The normalized spacial score (nSPS) is 15.6. The third-order valence-corrected chi connectivity index (χ3v) is 5.40. The summed E-state index contributed by atoms with van der Waals surface area (Å²) in [5.41, 5.74) is 1.80. The third kappa shape index (κ3) is 3.15. The minimum absolute atomic E-state index is 0.0713. The fourth-order valence-corrected chi connectivity index (χ4v) is 3.89. The zero-order valence-electron chi connectivity index (χ0n) is 15.7. The van der Waals surface area contributed by atoms with Crippen molar-refractivity contribution < 1.29 is 4.79 Å². The second-order valence-electron chi connectivity index (χ2n) is 7.02. The highest BCUT2D eigenvalue weighted by Crippen LogP contribution is 2.26. The highest BCUT2D eigenvalue weighted by Gasteiger charge is 2.28. The fraction of sp³-hybridized carbons (Fsp3) is 0.474. The van der Waals surface area contributed by atoms with Crippen molar-refractivity contribution in [3.05, 3.63) is 46.9 Å². The van der Waals surface area contributed by atoms with E-state index in [4.69, 9.17) is 0 Å². The van der Waals surface area contributed by atoms with E-state index in [1.807, 2.05) is 40.7 Å². The topological polar surface area (TPSA) is 78.0 Å². The van der Waals surface area contributed by atoms with Crippen molar-refractivity contribution in [2.75, 3.05) is 13.1 Å². The fourth-order valence-electron chi connectivity index (χ4n) is 3.89. The van der Waals surface area contributed by atoms with Gasteiger partial charge in [0.2, 0.25) is 5.91 Å². The van der Waals surface area contributed by atoms with Crippen molar-refractivity contribution in [3.63, 3.8) is 0 Å². The molecule has 3 aromatic rings. The molecule has 1 aromatic carbocycles. The first kappa shape index (κ1) is 17.5. The van der Waals surface area contributed by atoms with Gasteiger partial charge in [0, 0.05) is 32.6 Å². The molecule has 0 radical (unpaired) electrons. The number of carbonyl (C=O) groups is 1. The van der Waals surface area contributed by atoms with Gasteiger partial charge in [-0.1, -0.05) is 12.1 Å². The number of benzene rings is 1. The van der Waals surface area contributed by atoms with Crippen molar-refractivity contribution in [2.45, 2.75) is 38.8 Å². The minimum atomic E-state index is -0.0713.